The highest BCUT2D eigenvalue weighted by atomic mass is 19.1. The second-order valence-corrected chi connectivity index (χ2v) is 8.32. The van der Waals surface area contributed by atoms with Crippen LogP contribution in [0.4, 0.5) is 20.2 Å². The maximum absolute atomic E-state index is 14.2. The summed E-state index contributed by atoms with van der Waals surface area (Å²) in [5.74, 6) is 0.0495. The monoisotopic (exact) mass is 437 g/mol. The van der Waals surface area contributed by atoms with E-state index >= 15 is 0 Å². The van der Waals surface area contributed by atoms with Gasteiger partial charge in [-0.1, -0.05) is 6.07 Å². The molecule has 166 valence electrons. The first-order valence-electron chi connectivity index (χ1n) is 11.0. The second kappa shape index (κ2) is 8.34. The van der Waals surface area contributed by atoms with Gasteiger partial charge >= 0.3 is 0 Å². The Kier molecular flexibility index (Phi) is 5.38. The number of methoxy groups -OCH3 is 2. The Morgan fingerprint density at radius 2 is 1.84 bits per heavy atom. The maximum atomic E-state index is 14.2. The Balaban J connectivity index is 1.43. The van der Waals surface area contributed by atoms with Crippen LogP contribution < -0.4 is 19.7 Å². The average Bonchev–Trinajstić information content (AvgIpc) is 3.27. The number of aryl methyl sites for hydroxylation is 1. The van der Waals surface area contributed by atoms with Gasteiger partial charge in [0.05, 0.1) is 19.7 Å². The first kappa shape index (κ1) is 20.6. The number of aromatic nitrogens is 1. The molecule has 0 saturated carbocycles. The van der Waals surface area contributed by atoms with Crippen LogP contribution in [-0.2, 0) is 12.8 Å². The van der Waals surface area contributed by atoms with Crippen molar-refractivity contribution >= 4 is 22.3 Å². The summed E-state index contributed by atoms with van der Waals surface area (Å²) >= 11 is 0. The summed E-state index contributed by atoms with van der Waals surface area (Å²) in [6, 6.07) is 9.95. The van der Waals surface area contributed by atoms with E-state index in [0.717, 1.165) is 60.5 Å². The number of anilines is 2. The Morgan fingerprint density at radius 1 is 1.09 bits per heavy atom. The molecular formula is C25H25F2N3O2. The van der Waals surface area contributed by atoms with Crippen molar-refractivity contribution in [2.75, 3.05) is 37.5 Å². The molecule has 0 unspecified atom stereocenters. The van der Waals surface area contributed by atoms with Gasteiger partial charge in [-0.25, -0.2) is 4.39 Å². The average molecular weight is 437 g/mol. The van der Waals surface area contributed by atoms with Crippen molar-refractivity contribution in [1.29, 1.82) is 0 Å². The summed E-state index contributed by atoms with van der Waals surface area (Å²) in [7, 11) is 3.25. The van der Waals surface area contributed by atoms with E-state index in [1.54, 1.807) is 19.1 Å². The summed E-state index contributed by atoms with van der Waals surface area (Å²) in [5.41, 5.74) is 4.36. The van der Waals surface area contributed by atoms with E-state index in [9.17, 15) is 8.78 Å². The summed E-state index contributed by atoms with van der Waals surface area (Å²) in [5, 5.41) is 4.76. The van der Waals surface area contributed by atoms with Gasteiger partial charge in [-0.2, -0.15) is 4.39 Å². The number of pyridine rings is 1. The van der Waals surface area contributed by atoms with Crippen molar-refractivity contribution in [2.45, 2.75) is 38.1 Å². The molecule has 0 atom stereocenters. The quantitative estimate of drug-likeness (QED) is 0.627. The lowest BCUT2D eigenvalue weighted by atomic mass is 10.0. The van der Waals surface area contributed by atoms with Gasteiger partial charge in [0.1, 0.15) is 5.69 Å². The Hall–Kier alpha value is -3.27. The van der Waals surface area contributed by atoms with Crippen LogP contribution in [0, 0.1) is 23.8 Å². The molecule has 0 bridgehead atoms. The molecule has 0 spiro atoms. The minimum Gasteiger partial charge on any atom is -0.493 e. The highest BCUT2D eigenvalue weighted by molar-refractivity contribution is 5.96. The van der Waals surface area contributed by atoms with Crippen LogP contribution in [0.2, 0.25) is 0 Å². The normalized spacial score (nSPS) is 16.1. The van der Waals surface area contributed by atoms with Crippen molar-refractivity contribution in [3.05, 3.63) is 53.2 Å². The number of nitrogens with one attached hydrogen (secondary N) is 1. The van der Waals surface area contributed by atoms with Crippen molar-refractivity contribution in [1.82, 2.24) is 4.98 Å². The molecule has 32 heavy (non-hydrogen) atoms. The van der Waals surface area contributed by atoms with Crippen molar-refractivity contribution in [2.24, 2.45) is 0 Å². The van der Waals surface area contributed by atoms with E-state index in [-0.39, 0.29) is 11.7 Å². The van der Waals surface area contributed by atoms with Gasteiger partial charge in [-0.05, 0) is 49.8 Å². The fourth-order valence-electron chi connectivity index (χ4n) is 4.89. The standard InChI is InChI=1S/C25H25F2N3O2/c1-31-22-13-17-21(14-23(22)32-2)29-20-8-3-5-16(20)24(17)28-15-9-11-30(12-10-15)25-18(26)6-4-7-19(25)27/h6,13-15H,3,5,8-12H2,1-2H3,(H,28,29). The lowest BCUT2D eigenvalue weighted by molar-refractivity contribution is 0.356. The van der Waals surface area contributed by atoms with Crippen LogP contribution in [0.1, 0.15) is 30.5 Å². The molecule has 1 aliphatic carbocycles. The van der Waals surface area contributed by atoms with E-state index in [0.29, 0.717) is 24.6 Å². The Labute approximate surface area is 186 Å². The van der Waals surface area contributed by atoms with Gasteiger partial charge in [-0.3, -0.25) is 4.98 Å². The number of hydrogen-bond acceptors (Lipinski definition) is 5. The molecule has 5 nitrogen and oxygen atoms in total. The van der Waals surface area contributed by atoms with Crippen molar-refractivity contribution in [3.63, 3.8) is 0 Å². The zero-order chi connectivity index (χ0) is 22.2. The largest absolute Gasteiger partial charge is 0.493 e. The number of benzene rings is 1. The van der Waals surface area contributed by atoms with Gasteiger partial charge in [0.2, 0.25) is 0 Å². The fourth-order valence-corrected chi connectivity index (χ4v) is 4.89. The van der Waals surface area contributed by atoms with Crippen LogP contribution in [0.3, 0.4) is 0 Å². The summed E-state index contributed by atoms with van der Waals surface area (Å²) in [6.07, 6.45) is 4.57. The molecule has 1 fully saturated rings. The number of fused-ring (bicyclic) bond motifs is 2. The predicted octanol–water partition coefficient (Wildman–Crippen LogP) is 4.70. The molecule has 7 heteroatoms. The molecule has 2 heterocycles. The third kappa shape index (κ3) is 3.54. The minimum absolute atomic E-state index is 0.00529. The van der Waals surface area contributed by atoms with E-state index < -0.39 is 11.6 Å². The topological polar surface area (TPSA) is 46.6 Å². The maximum Gasteiger partial charge on any atom is 0.199 e. The Bertz CT molecular complexity index is 1140. The van der Waals surface area contributed by atoms with Crippen LogP contribution in [-0.4, -0.2) is 38.3 Å². The third-order valence-corrected chi connectivity index (χ3v) is 6.49. The predicted molar refractivity (Wildman–Crippen MR) is 120 cm³/mol. The number of nitrogens with zero attached hydrogens (tertiary/aromatic N) is 2. The molecule has 0 radical (unpaired) electrons. The summed E-state index contributed by atoms with van der Waals surface area (Å²) in [4.78, 5) is 6.65. The van der Waals surface area contributed by atoms with Crippen LogP contribution in [0.15, 0.2) is 18.2 Å². The van der Waals surface area contributed by atoms with Crippen molar-refractivity contribution in [3.8, 4) is 11.5 Å². The van der Waals surface area contributed by atoms with E-state index in [1.807, 2.05) is 12.1 Å². The first-order chi connectivity index (χ1) is 15.6. The molecule has 1 aromatic heterocycles. The molecule has 1 saturated heterocycles. The molecule has 2 aliphatic rings. The van der Waals surface area contributed by atoms with E-state index in [4.69, 9.17) is 14.5 Å². The number of ether oxygens (including phenoxy) is 2. The Morgan fingerprint density at radius 3 is 2.56 bits per heavy atom. The first-order valence-corrected chi connectivity index (χ1v) is 11.0. The summed E-state index contributed by atoms with van der Waals surface area (Å²) < 4.78 is 39.3. The van der Waals surface area contributed by atoms with E-state index in [1.165, 1.54) is 5.56 Å². The van der Waals surface area contributed by atoms with Gasteiger partial charge in [0, 0.05) is 48.0 Å². The number of hydrogen-bond donors (Lipinski definition) is 1. The molecular weight excluding hydrogens is 412 g/mol. The summed E-state index contributed by atoms with van der Waals surface area (Å²) in [6.45, 7) is 1.12. The fraction of sp³-hybridized carbons (Fsp3) is 0.400. The smallest absolute Gasteiger partial charge is 0.199 e. The van der Waals surface area contributed by atoms with Gasteiger partial charge in [0.15, 0.2) is 23.1 Å². The molecule has 3 aromatic rings. The molecule has 1 aliphatic heterocycles. The zero-order valence-corrected chi connectivity index (χ0v) is 18.2. The van der Waals surface area contributed by atoms with Gasteiger partial charge in [0.25, 0.3) is 0 Å². The molecule has 2 aromatic carbocycles. The van der Waals surface area contributed by atoms with Crippen LogP contribution >= 0.6 is 0 Å². The van der Waals surface area contributed by atoms with Gasteiger partial charge < -0.3 is 19.7 Å². The highest BCUT2D eigenvalue weighted by Crippen LogP contribution is 2.40. The molecule has 0 amide bonds. The zero-order valence-electron chi connectivity index (χ0n) is 18.2. The van der Waals surface area contributed by atoms with Crippen LogP contribution in [0.5, 0.6) is 11.5 Å². The molecule has 1 N–H and O–H groups in total. The van der Waals surface area contributed by atoms with E-state index in [2.05, 4.69) is 17.4 Å². The number of rotatable bonds is 5. The van der Waals surface area contributed by atoms with Crippen molar-refractivity contribution < 1.29 is 18.3 Å². The molecule has 5 rings (SSSR count). The van der Waals surface area contributed by atoms with Gasteiger partial charge in [-0.15, -0.1) is 0 Å². The SMILES string of the molecule is COc1cc2nc3c(c(NC4CCN(c5c(F)c#ccc5F)CC4)c2cc1OC)CCC3. The number of piperidine rings is 1. The third-order valence-electron chi connectivity index (χ3n) is 6.49. The van der Waals surface area contributed by atoms with Crippen LogP contribution in [0.25, 0.3) is 10.9 Å². The lowest BCUT2D eigenvalue weighted by Crippen LogP contribution is -2.40. The minimum atomic E-state index is -0.685. The lowest BCUT2D eigenvalue weighted by Gasteiger charge is -2.35. The highest BCUT2D eigenvalue weighted by Gasteiger charge is 2.27. The second-order valence-electron chi connectivity index (χ2n) is 8.32. The number of halogens is 2.